The monoisotopic (exact) mass is 305 g/mol. The van der Waals surface area contributed by atoms with Gasteiger partial charge < -0.3 is 5.32 Å². The zero-order valence-electron chi connectivity index (χ0n) is 11.2. The summed E-state index contributed by atoms with van der Waals surface area (Å²) < 4.78 is 26.3. The molecule has 0 bridgehead atoms. The van der Waals surface area contributed by atoms with E-state index in [1.807, 2.05) is 0 Å². The van der Waals surface area contributed by atoms with Crippen molar-refractivity contribution in [2.75, 3.05) is 5.32 Å². The molecule has 0 radical (unpaired) electrons. The van der Waals surface area contributed by atoms with Gasteiger partial charge in [0.05, 0.1) is 5.71 Å². The van der Waals surface area contributed by atoms with E-state index in [4.69, 9.17) is 12.2 Å². The number of benzene rings is 2. The number of thiocarbonyl (C=S) groups is 1. The average molecular weight is 305 g/mol. The molecule has 0 fully saturated rings. The summed E-state index contributed by atoms with van der Waals surface area (Å²) in [4.78, 5) is 0. The molecule has 2 aromatic rings. The quantitative estimate of drug-likeness (QED) is 0.516. The molecule has 21 heavy (non-hydrogen) atoms. The van der Waals surface area contributed by atoms with Gasteiger partial charge in [-0.15, -0.1) is 0 Å². The Morgan fingerprint density at radius 1 is 1.05 bits per heavy atom. The van der Waals surface area contributed by atoms with E-state index in [-0.39, 0.29) is 16.7 Å². The molecular formula is C15H13F2N3S. The molecule has 0 aromatic heterocycles. The molecule has 0 saturated heterocycles. The van der Waals surface area contributed by atoms with E-state index in [1.165, 1.54) is 18.2 Å². The Morgan fingerprint density at radius 2 is 1.71 bits per heavy atom. The maximum absolute atomic E-state index is 13.6. The van der Waals surface area contributed by atoms with E-state index in [0.717, 1.165) is 0 Å². The van der Waals surface area contributed by atoms with E-state index in [9.17, 15) is 8.78 Å². The number of nitrogens with zero attached hydrogens (tertiary/aromatic N) is 1. The minimum atomic E-state index is -0.349. The molecule has 3 nitrogen and oxygen atoms in total. The summed E-state index contributed by atoms with van der Waals surface area (Å²) in [6.07, 6.45) is 0. The Bertz CT molecular complexity index is 669. The lowest BCUT2D eigenvalue weighted by atomic mass is 10.1. The van der Waals surface area contributed by atoms with E-state index in [1.54, 1.807) is 37.3 Å². The van der Waals surface area contributed by atoms with Gasteiger partial charge in [-0.2, -0.15) is 5.10 Å². The van der Waals surface area contributed by atoms with Crippen LogP contribution in [0.3, 0.4) is 0 Å². The van der Waals surface area contributed by atoms with E-state index >= 15 is 0 Å². The number of hydrogen-bond acceptors (Lipinski definition) is 2. The highest BCUT2D eigenvalue weighted by atomic mass is 32.1. The van der Waals surface area contributed by atoms with Gasteiger partial charge in [-0.1, -0.05) is 18.2 Å². The summed E-state index contributed by atoms with van der Waals surface area (Å²) in [6.45, 7) is 1.67. The lowest BCUT2D eigenvalue weighted by molar-refractivity contribution is 0.625. The van der Waals surface area contributed by atoms with Crippen LogP contribution in [0.2, 0.25) is 0 Å². The van der Waals surface area contributed by atoms with Crippen molar-refractivity contribution in [1.82, 2.24) is 5.43 Å². The molecule has 0 unspecified atom stereocenters. The fourth-order valence-electron chi connectivity index (χ4n) is 1.64. The van der Waals surface area contributed by atoms with Crippen LogP contribution in [-0.4, -0.2) is 10.8 Å². The van der Waals surface area contributed by atoms with Gasteiger partial charge in [0.1, 0.15) is 11.6 Å². The van der Waals surface area contributed by atoms with E-state index < -0.39 is 0 Å². The second-order valence-corrected chi connectivity index (χ2v) is 4.66. The lowest BCUT2D eigenvalue weighted by Crippen LogP contribution is -2.25. The molecule has 0 saturated carbocycles. The number of hydrogen-bond donors (Lipinski definition) is 2. The molecule has 0 heterocycles. The van der Waals surface area contributed by atoms with Crippen LogP contribution in [0.5, 0.6) is 0 Å². The Labute approximate surface area is 126 Å². The molecular weight excluding hydrogens is 292 g/mol. The summed E-state index contributed by atoms with van der Waals surface area (Å²) in [5.41, 5.74) is 4.12. The van der Waals surface area contributed by atoms with E-state index in [2.05, 4.69) is 15.8 Å². The first-order valence-electron chi connectivity index (χ1n) is 6.18. The Balaban J connectivity index is 1.98. The maximum atomic E-state index is 13.6. The second-order valence-electron chi connectivity index (χ2n) is 4.25. The van der Waals surface area contributed by atoms with Gasteiger partial charge in [-0.25, -0.2) is 8.78 Å². The molecule has 0 spiro atoms. The fraction of sp³-hybridized carbons (Fsp3) is 0.0667. The molecule has 0 aliphatic carbocycles. The molecule has 2 rings (SSSR count). The van der Waals surface area contributed by atoms with Gasteiger partial charge in [-0.05, 0) is 49.5 Å². The van der Waals surface area contributed by atoms with Crippen molar-refractivity contribution in [2.45, 2.75) is 6.92 Å². The third-order valence-electron chi connectivity index (χ3n) is 2.69. The highest BCUT2D eigenvalue weighted by Gasteiger charge is 2.04. The lowest BCUT2D eigenvalue weighted by Gasteiger charge is -2.08. The highest BCUT2D eigenvalue weighted by Crippen LogP contribution is 2.09. The molecule has 2 aromatic carbocycles. The topological polar surface area (TPSA) is 36.4 Å². The van der Waals surface area contributed by atoms with Gasteiger partial charge in [0, 0.05) is 11.3 Å². The molecule has 6 heteroatoms. The summed E-state index contributed by atoms with van der Waals surface area (Å²) in [6, 6.07) is 12.1. The average Bonchev–Trinajstić information content (AvgIpc) is 2.48. The number of halogens is 2. The molecule has 0 amide bonds. The molecule has 0 atom stereocenters. The molecule has 2 N–H and O–H groups in total. The van der Waals surface area contributed by atoms with Crippen LogP contribution in [-0.2, 0) is 0 Å². The first kappa shape index (κ1) is 15.1. The van der Waals surface area contributed by atoms with Gasteiger partial charge in [0.15, 0.2) is 5.11 Å². The summed E-state index contributed by atoms with van der Waals surface area (Å²) in [5.74, 6) is -0.675. The van der Waals surface area contributed by atoms with Crippen molar-refractivity contribution in [3.63, 3.8) is 0 Å². The minimum absolute atomic E-state index is 0.234. The number of nitrogens with one attached hydrogen (secondary N) is 2. The number of rotatable bonds is 3. The number of hydrazone groups is 1. The SMILES string of the molecule is C/C(=N/NC(=S)Nc1ccc(F)cc1)c1ccccc1F. The van der Waals surface area contributed by atoms with Crippen molar-refractivity contribution < 1.29 is 8.78 Å². The van der Waals surface area contributed by atoms with Gasteiger partial charge in [-0.3, -0.25) is 5.43 Å². The fourth-order valence-corrected chi connectivity index (χ4v) is 1.81. The third kappa shape index (κ3) is 4.32. The smallest absolute Gasteiger partial charge is 0.191 e. The van der Waals surface area contributed by atoms with Crippen molar-refractivity contribution in [1.29, 1.82) is 0 Å². The van der Waals surface area contributed by atoms with Crippen LogP contribution in [0.25, 0.3) is 0 Å². The molecule has 0 aliphatic heterocycles. The molecule has 0 aliphatic rings. The van der Waals surface area contributed by atoms with Crippen molar-refractivity contribution in [2.24, 2.45) is 5.10 Å². The zero-order valence-corrected chi connectivity index (χ0v) is 12.0. The largest absolute Gasteiger partial charge is 0.331 e. The first-order valence-corrected chi connectivity index (χ1v) is 6.59. The highest BCUT2D eigenvalue weighted by molar-refractivity contribution is 7.80. The maximum Gasteiger partial charge on any atom is 0.191 e. The van der Waals surface area contributed by atoms with E-state index in [0.29, 0.717) is 17.0 Å². The predicted molar refractivity (Wildman–Crippen MR) is 84.4 cm³/mol. The predicted octanol–water partition coefficient (Wildman–Crippen LogP) is 3.68. The standard InChI is InChI=1S/C15H13F2N3S/c1-10(13-4-2-3-5-14(13)17)19-20-15(21)18-12-8-6-11(16)7-9-12/h2-9H,1H3,(H2,18,20,21)/b19-10-. The minimum Gasteiger partial charge on any atom is -0.331 e. The zero-order chi connectivity index (χ0) is 15.2. The Kier molecular flexibility index (Phi) is 4.94. The van der Waals surface area contributed by atoms with Crippen LogP contribution in [0.1, 0.15) is 12.5 Å². The number of anilines is 1. The van der Waals surface area contributed by atoms with Crippen molar-refractivity contribution >= 4 is 28.7 Å². The second kappa shape index (κ2) is 6.90. The van der Waals surface area contributed by atoms with Crippen molar-refractivity contribution in [3.8, 4) is 0 Å². The Hall–Kier alpha value is -2.34. The van der Waals surface area contributed by atoms with Crippen LogP contribution < -0.4 is 10.7 Å². The summed E-state index contributed by atoms with van der Waals surface area (Å²) in [5, 5.41) is 7.09. The Morgan fingerprint density at radius 3 is 2.38 bits per heavy atom. The van der Waals surface area contributed by atoms with Crippen LogP contribution in [0.15, 0.2) is 53.6 Å². The summed E-state index contributed by atoms with van der Waals surface area (Å²) >= 11 is 5.05. The van der Waals surface area contributed by atoms with Gasteiger partial charge in [0.2, 0.25) is 0 Å². The molecule has 108 valence electrons. The van der Waals surface area contributed by atoms with Crippen LogP contribution in [0, 0.1) is 11.6 Å². The normalized spacial score (nSPS) is 11.1. The first-order chi connectivity index (χ1) is 10.1. The van der Waals surface area contributed by atoms with Crippen molar-refractivity contribution in [3.05, 3.63) is 65.7 Å². The third-order valence-corrected chi connectivity index (χ3v) is 2.88. The summed E-state index contributed by atoms with van der Waals surface area (Å²) in [7, 11) is 0. The van der Waals surface area contributed by atoms with Crippen LogP contribution >= 0.6 is 12.2 Å². The van der Waals surface area contributed by atoms with Gasteiger partial charge >= 0.3 is 0 Å². The van der Waals surface area contributed by atoms with Gasteiger partial charge in [0.25, 0.3) is 0 Å². The van der Waals surface area contributed by atoms with Crippen LogP contribution in [0.4, 0.5) is 14.5 Å².